The number of amides is 1. The number of carboxylic acid groups (broad SMARTS) is 1. The molecule has 0 bridgehead atoms. The van der Waals surface area contributed by atoms with Crippen LogP contribution in [0.2, 0.25) is 0 Å². The summed E-state index contributed by atoms with van der Waals surface area (Å²) in [5.74, 6) is -0.826. The maximum atomic E-state index is 13.1. The molecule has 1 aliphatic carbocycles. The minimum atomic E-state index is -0.859. The molecule has 162 valence electrons. The van der Waals surface area contributed by atoms with E-state index in [4.69, 9.17) is 9.84 Å². The highest BCUT2D eigenvalue weighted by Gasteiger charge is 2.33. The highest BCUT2D eigenvalue weighted by molar-refractivity contribution is 5.79. The Balaban J connectivity index is 1.32. The van der Waals surface area contributed by atoms with Crippen LogP contribution in [0, 0.1) is 0 Å². The highest BCUT2D eigenvalue weighted by atomic mass is 16.6. The Bertz CT molecular complexity index is 1130. The Labute approximate surface area is 187 Å². The summed E-state index contributed by atoms with van der Waals surface area (Å²) in [4.78, 5) is 25.9. The number of carboxylic acids is 1. The van der Waals surface area contributed by atoms with E-state index in [-0.39, 0.29) is 24.5 Å². The van der Waals surface area contributed by atoms with E-state index in [1.165, 1.54) is 22.3 Å². The second-order valence-corrected chi connectivity index (χ2v) is 8.47. The molecule has 3 aromatic carbocycles. The van der Waals surface area contributed by atoms with Gasteiger partial charge in [0.15, 0.2) is 0 Å². The smallest absolute Gasteiger partial charge is 0.410 e. The van der Waals surface area contributed by atoms with Crippen molar-refractivity contribution in [3.63, 3.8) is 0 Å². The largest absolute Gasteiger partial charge is 0.481 e. The zero-order valence-corrected chi connectivity index (χ0v) is 17.7. The van der Waals surface area contributed by atoms with Gasteiger partial charge in [0.25, 0.3) is 0 Å². The Morgan fingerprint density at radius 1 is 0.938 bits per heavy atom. The van der Waals surface area contributed by atoms with E-state index in [1.807, 2.05) is 48.5 Å². The van der Waals surface area contributed by atoms with Crippen LogP contribution in [-0.4, -0.2) is 35.2 Å². The van der Waals surface area contributed by atoms with E-state index in [1.54, 1.807) is 4.90 Å². The molecule has 5 heteroatoms. The van der Waals surface area contributed by atoms with Gasteiger partial charge in [-0.15, -0.1) is 0 Å². The number of hydrogen-bond donors (Lipinski definition) is 1. The van der Waals surface area contributed by atoms with Crippen LogP contribution >= 0.6 is 0 Å². The van der Waals surface area contributed by atoms with Gasteiger partial charge in [-0.3, -0.25) is 4.79 Å². The van der Waals surface area contributed by atoms with Gasteiger partial charge in [-0.05, 0) is 46.2 Å². The van der Waals surface area contributed by atoms with E-state index < -0.39 is 5.97 Å². The summed E-state index contributed by atoms with van der Waals surface area (Å²) < 4.78 is 5.86. The van der Waals surface area contributed by atoms with Crippen LogP contribution in [0.3, 0.4) is 0 Å². The Hall–Kier alpha value is -3.60. The van der Waals surface area contributed by atoms with Crippen LogP contribution in [0.4, 0.5) is 4.79 Å². The first-order chi connectivity index (χ1) is 15.6. The lowest BCUT2D eigenvalue weighted by molar-refractivity contribution is -0.136. The lowest BCUT2D eigenvalue weighted by atomic mass is 9.98. The lowest BCUT2D eigenvalue weighted by Gasteiger charge is -2.25. The molecule has 1 fully saturated rings. The van der Waals surface area contributed by atoms with E-state index in [2.05, 4.69) is 24.3 Å². The summed E-state index contributed by atoms with van der Waals surface area (Å²) in [6.45, 7) is 0.944. The first-order valence-corrected chi connectivity index (χ1v) is 11.0. The molecular formula is C27H25NO4. The third-order valence-electron chi connectivity index (χ3n) is 6.51. The number of nitrogens with zero attached hydrogens (tertiary/aromatic N) is 1. The van der Waals surface area contributed by atoms with Crippen molar-refractivity contribution in [2.75, 3.05) is 13.2 Å². The average Bonchev–Trinajstić information content (AvgIpc) is 3.41. The fourth-order valence-corrected chi connectivity index (χ4v) is 5.09. The lowest BCUT2D eigenvalue weighted by Crippen LogP contribution is -2.32. The number of fused-ring (bicyclic) bond motifs is 3. The molecule has 1 aliphatic heterocycles. The quantitative estimate of drug-likeness (QED) is 0.592. The number of carbonyl (C=O) groups is 2. The van der Waals surface area contributed by atoms with Crippen LogP contribution in [0.15, 0.2) is 72.8 Å². The van der Waals surface area contributed by atoms with Gasteiger partial charge in [-0.2, -0.15) is 0 Å². The molecule has 2 aliphatic rings. The molecule has 0 radical (unpaired) electrons. The van der Waals surface area contributed by atoms with Gasteiger partial charge in [0, 0.05) is 12.5 Å². The van der Waals surface area contributed by atoms with Crippen molar-refractivity contribution in [2.24, 2.45) is 0 Å². The molecule has 3 aromatic rings. The first-order valence-electron chi connectivity index (χ1n) is 11.0. The third-order valence-corrected chi connectivity index (χ3v) is 6.51. The zero-order chi connectivity index (χ0) is 22.1. The standard InChI is InChI=1S/C27H25NO4/c29-26(30)16-18-7-5-8-19(15-18)25-13-6-14-28(25)27(31)32-17-24-22-11-3-1-9-20(22)21-10-2-4-12-23(21)24/h1-5,7-12,15,24-25H,6,13-14,16-17H2,(H,29,30). The minimum absolute atomic E-state index is 0.0223. The second-order valence-electron chi connectivity index (χ2n) is 8.47. The molecule has 5 nitrogen and oxygen atoms in total. The van der Waals surface area contributed by atoms with Crippen molar-refractivity contribution in [2.45, 2.75) is 31.2 Å². The summed E-state index contributed by atoms with van der Waals surface area (Å²) in [7, 11) is 0. The minimum Gasteiger partial charge on any atom is -0.481 e. The van der Waals surface area contributed by atoms with Crippen LogP contribution in [0.1, 0.15) is 47.1 Å². The molecule has 1 amide bonds. The second kappa shape index (κ2) is 8.50. The molecule has 1 saturated heterocycles. The average molecular weight is 428 g/mol. The first kappa shape index (κ1) is 20.3. The van der Waals surface area contributed by atoms with Gasteiger partial charge in [0.05, 0.1) is 12.5 Å². The number of aliphatic carboxylic acids is 1. The van der Waals surface area contributed by atoms with E-state index >= 15 is 0 Å². The predicted octanol–water partition coefficient (Wildman–Crippen LogP) is 5.40. The van der Waals surface area contributed by atoms with Crippen LogP contribution < -0.4 is 0 Å². The third kappa shape index (κ3) is 3.75. The topological polar surface area (TPSA) is 66.8 Å². The van der Waals surface area contributed by atoms with Crippen molar-refractivity contribution >= 4 is 12.1 Å². The summed E-state index contributed by atoms with van der Waals surface area (Å²) in [5.41, 5.74) is 6.52. The van der Waals surface area contributed by atoms with E-state index in [9.17, 15) is 9.59 Å². The molecule has 1 atom stereocenters. The van der Waals surface area contributed by atoms with Crippen LogP contribution in [-0.2, 0) is 16.0 Å². The van der Waals surface area contributed by atoms with Gasteiger partial charge in [-0.1, -0.05) is 72.8 Å². The molecular weight excluding hydrogens is 402 g/mol. The number of benzene rings is 3. The summed E-state index contributed by atoms with van der Waals surface area (Å²) >= 11 is 0. The zero-order valence-electron chi connectivity index (χ0n) is 17.7. The van der Waals surface area contributed by atoms with Crippen molar-refractivity contribution in [3.05, 3.63) is 95.1 Å². The number of ether oxygens (including phenoxy) is 1. The highest BCUT2D eigenvalue weighted by Crippen LogP contribution is 2.44. The number of hydrogen-bond acceptors (Lipinski definition) is 3. The molecule has 0 aromatic heterocycles. The fraction of sp³-hybridized carbons (Fsp3) is 0.259. The molecule has 1 heterocycles. The predicted molar refractivity (Wildman–Crippen MR) is 122 cm³/mol. The van der Waals surface area contributed by atoms with Crippen LogP contribution in [0.25, 0.3) is 11.1 Å². The maximum Gasteiger partial charge on any atom is 0.410 e. The van der Waals surface area contributed by atoms with Crippen molar-refractivity contribution in [1.82, 2.24) is 4.90 Å². The summed E-state index contributed by atoms with van der Waals surface area (Å²) in [5, 5.41) is 9.09. The normalized spacial score (nSPS) is 17.1. The monoisotopic (exact) mass is 427 g/mol. The van der Waals surface area contributed by atoms with Crippen LogP contribution in [0.5, 0.6) is 0 Å². The molecule has 32 heavy (non-hydrogen) atoms. The van der Waals surface area contributed by atoms with E-state index in [0.717, 1.165) is 24.0 Å². The Kier molecular flexibility index (Phi) is 5.39. The number of rotatable bonds is 5. The Morgan fingerprint density at radius 2 is 1.62 bits per heavy atom. The fourth-order valence-electron chi connectivity index (χ4n) is 5.09. The van der Waals surface area contributed by atoms with E-state index in [0.29, 0.717) is 13.2 Å². The number of likely N-dealkylation sites (tertiary alicyclic amines) is 1. The Morgan fingerprint density at radius 3 is 2.31 bits per heavy atom. The van der Waals surface area contributed by atoms with Crippen molar-refractivity contribution < 1.29 is 19.4 Å². The van der Waals surface area contributed by atoms with Crippen molar-refractivity contribution in [1.29, 1.82) is 0 Å². The maximum absolute atomic E-state index is 13.1. The van der Waals surface area contributed by atoms with Gasteiger partial charge in [-0.25, -0.2) is 4.79 Å². The summed E-state index contributed by atoms with van der Waals surface area (Å²) in [6, 6.07) is 24.0. The SMILES string of the molecule is O=C(O)Cc1cccc(C2CCCN2C(=O)OCC2c3ccccc3-c3ccccc32)c1. The summed E-state index contributed by atoms with van der Waals surface area (Å²) in [6.07, 6.45) is 1.42. The van der Waals surface area contributed by atoms with Crippen molar-refractivity contribution in [3.8, 4) is 11.1 Å². The van der Waals surface area contributed by atoms with Gasteiger partial charge in [0.2, 0.25) is 0 Å². The molecule has 5 rings (SSSR count). The molecule has 0 spiro atoms. The number of carbonyl (C=O) groups excluding carboxylic acids is 1. The molecule has 1 N–H and O–H groups in total. The van der Waals surface area contributed by atoms with Gasteiger partial charge >= 0.3 is 12.1 Å². The van der Waals surface area contributed by atoms with Gasteiger partial charge < -0.3 is 14.7 Å². The molecule has 1 unspecified atom stereocenters. The molecule has 0 saturated carbocycles. The van der Waals surface area contributed by atoms with Gasteiger partial charge in [0.1, 0.15) is 6.61 Å².